The Labute approximate surface area is 97.7 Å². The lowest BCUT2D eigenvalue weighted by Crippen LogP contribution is -2.35. The molecular formula is C13H15F3O. The zero-order valence-electron chi connectivity index (χ0n) is 9.37. The molecule has 4 aliphatic carbocycles. The van der Waals surface area contributed by atoms with Crippen LogP contribution in [-0.2, 0) is 0 Å². The molecule has 0 aromatic rings. The second kappa shape index (κ2) is 2.58. The molecule has 1 N–H and O–H groups in total. The van der Waals surface area contributed by atoms with Crippen molar-refractivity contribution in [3.63, 3.8) is 0 Å². The third-order valence-electron chi connectivity index (χ3n) is 6.14. The summed E-state index contributed by atoms with van der Waals surface area (Å²) in [5.74, 6) is 0.249. The highest BCUT2D eigenvalue weighted by Crippen LogP contribution is 2.90. The van der Waals surface area contributed by atoms with Gasteiger partial charge in [0, 0.05) is 5.41 Å². The lowest BCUT2D eigenvalue weighted by Gasteiger charge is -2.29. The molecule has 6 atom stereocenters. The summed E-state index contributed by atoms with van der Waals surface area (Å²) in [6.45, 7) is -0.304. The van der Waals surface area contributed by atoms with Gasteiger partial charge in [-0.1, -0.05) is 18.6 Å². The Hall–Kier alpha value is -0.510. The Bertz CT molecular complexity index is 415. The molecule has 0 radical (unpaired) electrons. The van der Waals surface area contributed by atoms with Gasteiger partial charge < -0.3 is 5.11 Å². The fraction of sp³-hybridized carbons (Fsp3) is 0.846. The van der Waals surface area contributed by atoms with Crippen molar-refractivity contribution in [2.24, 2.45) is 34.5 Å². The Morgan fingerprint density at radius 3 is 2.59 bits per heavy atom. The summed E-state index contributed by atoms with van der Waals surface area (Å²) >= 11 is 0. The van der Waals surface area contributed by atoms with Gasteiger partial charge in [0.25, 0.3) is 0 Å². The highest BCUT2D eigenvalue weighted by Gasteiger charge is 2.93. The first-order valence-corrected chi connectivity index (χ1v) is 6.37. The quantitative estimate of drug-likeness (QED) is 0.703. The smallest absolute Gasteiger partial charge is 0.396 e. The molecule has 0 heterocycles. The summed E-state index contributed by atoms with van der Waals surface area (Å²) in [6.07, 6.45) is 1.98. The predicted octanol–water partition coefficient (Wildman–Crippen LogP) is 2.76. The van der Waals surface area contributed by atoms with Crippen LogP contribution in [0.1, 0.15) is 19.3 Å². The fourth-order valence-electron chi connectivity index (χ4n) is 5.78. The van der Waals surface area contributed by atoms with Crippen LogP contribution in [0.2, 0.25) is 0 Å². The average Bonchev–Trinajstić information content (AvgIpc) is 2.60. The topological polar surface area (TPSA) is 20.2 Å². The number of hydrogen-bond acceptors (Lipinski definition) is 1. The summed E-state index contributed by atoms with van der Waals surface area (Å²) in [7, 11) is 0. The normalized spacial score (nSPS) is 58.4. The molecule has 4 rings (SSSR count). The first-order valence-electron chi connectivity index (χ1n) is 6.37. The van der Waals surface area contributed by atoms with Crippen LogP contribution in [0.3, 0.4) is 0 Å². The van der Waals surface area contributed by atoms with Crippen LogP contribution in [0.15, 0.2) is 12.2 Å². The van der Waals surface area contributed by atoms with Crippen LogP contribution < -0.4 is 0 Å². The molecule has 94 valence electrons. The highest BCUT2D eigenvalue weighted by molar-refractivity contribution is 5.45. The average molecular weight is 244 g/mol. The third kappa shape index (κ3) is 0.770. The largest absolute Gasteiger partial charge is 0.398 e. The zero-order chi connectivity index (χ0) is 12.1. The molecule has 3 fully saturated rings. The molecule has 1 nitrogen and oxygen atoms in total. The fourth-order valence-corrected chi connectivity index (χ4v) is 5.78. The highest BCUT2D eigenvalue weighted by atomic mass is 19.4. The van der Waals surface area contributed by atoms with Gasteiger partial charge in [-0.15, -0.1) is 0 Å². The van der Waals surface area contributed by atoms with Crippen LogP contribution >= 0.6 is 0 Å². The minimum atomic E-state index is -4.20. The molecule has 0 spiro atoms. The van der Waals surface area contributed by atoms with Crippen LogP contribution in [0, 0.1) is 34.5 Å². The van der Waals surface area contributed by atoms with E-state index in [1.165, 1.54) is 6.08 Å². The molecule has 0 aliphatic heterocycles. The lowest BCUT2D eigenvalue weighted by atomic mass is 9.78. The second-order valence-electron chi connectivity index (χ2n) is 6.19. The van der Waals surface area contributed by atoms with Crippen molar-refractivity contribution >= 4 is 0 Å². The number of fused-ring (bicyclic) bond motifs is 4. The van der Waals surface area contributed by atoms with Gasteiger partial charge in [0.2, 0.25) is 0 Å². The molecule has 17 heavy (non-hydrogen) atoms. The first kappa shape index (κ1) is 10.4. The molecule has 0 bridgehead atoms. The summed E-state index contributed by atoms with van der Waals surface area (Å²) in [6, 6.07) is 0. The van der Waals surface area contributed by atoms with Crippen LogP contribution in [0.25, 0.3) is 0 Å². The maximum Gasteiger partial charge on any atom is 0.398 e. The third-order valence-corrected chi connectivity index (χ3v) is 6.14. The summed E-state index contributed by atoms with van der Waals surface area (Å²) in [5, 5.41) is 9.59. The molecular weight excluding hydrogens is 229 g/mol. The van der Waals surface area contributed by atoms with Gasteiger partial charge >= 0.3 is 6.18 Å². The molecule has 0 aromatic carbocycles. The van der Waals surface area contributed by atoms with Gasteiger partial charge in [0.15, 0.2) is 0 Å². The summed E-state index contributed by atoms with van der Waals surface area (Å²) < 4.78 is 40.1. The molecule has 4 aliphatic rings. The number of allylic oxidation sites excluding steroid dienone is 2. The standard InChI is InChI=1S/C13H15F3O/c14-13(15,16)12-5-4-9-7-2-1-3-8(7)10(12)11(9,12)6-17/h4-5,7-10,17H,1-3,6H2/t7-,8+,9?,10+,11-,12-/m0/s1. The number of hydrogen-bond donors (Lipinski definition) is 1. The molecule has 0 aromatic heterocycles. The Morgan fingerprint density at radius 1 is 1.24 bits per heavy atom. The minimum Gasteiger partial charge on any atom is -0.396 e. The monoisotopic (exact) mass is 244 g/mol. The first-order chi connectivity index (χ1) is 8.00. The maximum absolute atomic E-state index is 13.4. The number of rotatable bonds is 1. The van der Waals surface area contributed by atoms with Crippen molar-refractivity contribution in [3.8, 4) is 0 Å². The van der Waals surface area contributed by atoms with E-state index in [2.05, 4.69) is 0 Å². The number of aliphatic hydroxyl groups is 1. The van der Waals surface area contributed by atoms with Crippen molar-refractivity contribution < 1.29 is 18.3 Å². The number of alkyl halides is 3. The van der Waals surface area contributed by atoms with Crippen molar-refractivity contribution in [2.75, 3.05) is 6.61 Å². The predicted molar refractivity (Wildman–Crippen MR) is 55.0 cm³/mol. The molecule has 0 amide bonds. The molecule has 1 unspecified atom stereocenters. The van der Waals surface area contributed by atoms with Gasteiger partial charge in [-0.2, -0.15) is 13.2 Å². The summed E-state index contributed by atoms with van der Waals surface area (Å²) in [4.78, 5) is 0. The van der Waals surface area contributed by atoms with Gasteiger partial charge in [0.1, 0.15) is 0 Å². The van der Waals surface area contributed by atoms with E-state index in [1.807, 2.05) is 0 Å². The van der Waals surface area contributed by atoms with Gasteiger partial charge in [0.05, 0.1) is 12.0 Å². The van der Waals surface area contributed by atoms with Crippen molar-refractivity contribution in [3.05, 3.63) is 12.2 Å². The minimum absolute atomic E-state index is 0.0216. The van der Waals surface area contributed by atoms with E-state index in [1.54, 1.807) is 6.08 Å². The van der Waals surface area contributed by atoms with Crippen LogP contribution in [-0.4, -0.2) is 17.9 Å². The molecule has 3 saturated carbocycles. The second-order valence-corrected chi connectivity index (χ2v) is 6.19. The zero-order valence-corrected chi connectivity index (χ0v) is 9.37. The van der Waals surface area contributed by atoms with Crippen molar-refractivity contribution in [1.82, 2.24) is 0 Å². The Balaban J connectivity index is 1.86. The number of halogens is 3. The van der Waals surface area contributed by atoms with E-state index in [9.17, 15) is 18.3 Å². The van der Waals surface area contributed by atoms with Crippen LogP contribution in [0.5, 0.6) is 0 Å². The maximum atomic E-state index is 13.4. The van der Waals surface area contributed by atoms with E-state index in [4.69, 9.17) is 0 Å². The van der Waals surface area contributed by atoms with E-state index in [-0.39, 0.29) is 24.4 Å². The van der Waals surface area contributed by atoms with E-state index < -0.39 is 17.0 Å². The number of aliphatic hydroxyl groups excluding tert-OH is 1. The van der Waals surface area contributed by atoms with E-state index >= 15 is 0 Å². The summed E-state index contributed by atoms with van der Waals surface area (Å²) in [5.41, 5.74) is -2.55. The molecule has 0 saturated heterocycles. The van der Waals surface area contributed by atoms with Gasteiger partial charge in [-0.25, -0.2) is 0 Å². The SMILES string of the molecule is OC[C@@]12C3C=C[C@]1(C(F)(F)F)[C@@H]2[C@@H]1CCC[C@H]31. The van der Waals surface area contributed by atoms with Crippen molar-refractivity contribution in [1.29, 1.82) is 0 Å². The Morgan fingerprint density at radius 2 is 1.94 bits per heavy atom. The van der Waals surface area contributed by atoms with Gasteiger partial charge in [-0.05, 0) is 36.5 Å². The van der Waals surface area contributed by atoms with E-state index in [0.717, 1.165) is 19.3 Å². The Kier molecular flexibility index (Phi) is 1.58. The molecule has 4 heteroatoms. The van der Waals surface area contributed by atoms with E-state index in [0.29, 0.717) is 5.92 Å². The van der Waals surface area contributed by atoms with Crippen molar-refractivity contribution in [2.45, 2.75) is 25.4 Å². The van der Waals surface area contributed by atoms with Gasteiger partial charge in [-0.3, -0.25) is 0 Å². The van der Waals surface area contributed by atoms with Crippen LogP contribution in [0.4, 0.5) is 13.2 Å². The lowest BCUT2D eigenvalue weighted by molar-refractivity contribution is -0.192.